The fourth-order valence-electron chi connectivity index (χ4n) is 2.34. The molecule has 4 heteroatoms. The molecule has 1 saturated carbocycles. The molecule has 0 heterocycles. The average molecular weight is 297 g/mol. The van der Waals surface area contributed by atoms with Crippen molar-refractivity contribution in [3.8, 4) is 0 Å². The minimum absolute atomic E-state index is 0.420. The van der Waals surface area contributed by atoms with Crippen molar-refractivity contribution in [2.24, 2.45) is 0 Å². The molecular weight excluding hydrogens is 272 g/mol. The number of methoxy groups -OCH3 is 1. The molecule has 112 valence electrons. The lowest BCUT2D eigenvalue weighted by molar-refractivity contribution is 0.204. The summed E-state index contributed by atoms with van der Waals surface area (Å²) in [7, 11) is 1.74. The molecule has 0 radical (unpaired) electrons. The van der Waals surface area contributed by atoms with Gasteiger partial charge >= 0.3 is 0 Å². The van der Waals surface area contributed by atoms with Crippen molar-refractivity contribution >= 4 is 17.3 Å². The number of nitrogens with zero attached hydrogens (tertiary/aromatic N) is 1. The maximum absolute atomic E-state index is 6.20. The van der Waals surface area contributed by atoms with Crippen LogP contribution in [0.25, 0.3) is 0 Å². The lowest BCUT2D eigenvalue weighted by Crippen LogP contribution is -2.35. The van der Waals surface area contributed by atoms with Gasteiger partial charge in [-0.25, -0.2) is 0 Å². The Labute approximate surface area is 127 Å². The Bertz CT molecular complexity index is 432. The summed E-state index contributed by atoms with van der Waals surface area (Å²) in [6.07, 6.45) is 2.61. The summed E-state index contributed by atoms with van der Waals surface area (Å²) in [5.74, 6) is 0. The number of anilines is 1. The zero-order chi connectivity index (χ0) is 14.5. The van der Waals surface area contributed by atoms with Crippen LogP contribution in [0.4, 0.5) is 5.69 Å². The van der Waals surface area contributed by atoms with E-state index in [4.69, 9.17) is 16.3 Å². The largest absolute Gasteiger partial charge is 0.383 e. The van der Waals surface area contributed by atoms with Crippen LogP contribution in [0.15, 0.2) is 18.2 Å². The van der Waals surface area contributed by atoms with Crippen molar-refractivity contribution in [3.63, 3.8) is 0 Å². The lowest BCUT2D eigenvalue weighted by Gasteiger charge is -2.31. The second kappa shape index (κ2) is 7.30. The van der Waals surface area contributed by atoms with E-state index in [-0.39, 0.29) is 0 Å². The highest BCUT2D eigenvalue weighted by Gasteiger charge is 2.21. The molecule has 1 N–H and O–H groups in total. The molecule has 0 bridgehead atoms. The van der Waals surface area contributed by atoms with Gasteiger partial charge in [-0.1, -0.05) is 17.7 Å². The SMILES string of the molecule is COCCN(c1cc(Cl)ccc1CNC1CC1)C(C)C. The van der Waals surface area contributed by atoms with Gasteiger partial charge in [0.05, 0.1) is 6.61 Å². The second-order valence-corrected chi connectivity index (χ2v) is 6.14. The molecule has 0 spiro atoms. The van der Waals surface area contributed by atoms with E-state index < -0.39 is 0 Å². The number of hydrogen-bond acceptors (Lipinski definition) is 3. The zero-order valence-electron chi connectivity index (χ0n) is 12.7. The van der Waals surface area contributed by atoms with Crippen LogP contribution in [0.1, 0.15) is 32.3 Å². The van der Waals surface area contributed by atoms with E-state index in [2.05, 4.69) is 36.2 Å². The molecule has 0 atom stereocenters. The smallest absolute Gasteiger partial charge is 0.0637 e. The van der Waals surface area contributed by atoms with Crippen molar-refractivity contribution in [1.29, 1.82) is 0 Å². The molecule has 1 aromatic carbocycles. The molecule has 1 aliphatic carbocycles. The summed E-state index contributed by atoms with van der Waals surface area (Å²) in [5.41, 5.74) is 2.53. The zero-order valence-corrected chi connectivity index (χ0v) is 13.4. The molecule has 20 heavy (non-hydrogen) atoms. The van der Waals surface area contributed by atoms with Gasteiger partial charge in [-0.15, -0.1) is 0 Å². The van der Waals surface area contributed by atoms with Gasteiger partial charge in [-0.2, -0.15) is 0 Å². The number of benzene rings is 1. The highest BCUT2D eigenvalue weighted by Crippen LogP contribution is 2.28. The van der Waals surface area contributed by atoms with Gasteiger partial charge in [-0.05, 0) is 44.4 Å². The van der Waals surface area contributed by atoms with Crippen molar-refractivity contribution in [2.45, 2.75) is 45.3 Å². The fourth-order valence-corrected chi connectivity index (χ4v) is 2.51. The van der Waals surface area contributed by atoms with Crippen LogP contribution in [-0.2, 0) is 11.3 Å². The Morgan fingerprint density at radius 2 is 2.15 bits per heavy atom. The lowest BCUT2D eigenvalue weighted by atomic mass is 10.1. The minimum atomic E-state index is 0.420. The van der Waals surface area contributed by atoms with Crippen LogP contribution in [0.5, 0.6) is 0 Å². The van der Waals surface area contributed by atoms with E-state index in [0.717, 1.165) is 24.7 Å². The van der Waals surface area contributed by atoms with Crippen LogP contribution >= 0.6 is 11.6 Å². The molecule has 1 aliphatic rings. The molecular formula is C16H25ClN2O. The summed E-state index contributed by atoms with van der Waals surface area (Å²) in [5, 5.41) is 4.37. The summed E-state index contributed by atoms with van der Waals surface area (Å²) in [6, 6.07) is 7.31. The number of nitrogens with one attached hydrogen (secondary N) is 1. The van der Waals surface area contributed by atoms with Crippen LogP contribution < -0.4 is 10.2 Å². The summed E-state index contributed by atoms with van der Waals surface area (Å²) < 4.78 is 5.23. The highest BCUT2D eigenvalue weighted by atomic mass is 35.5. The number of halogens is 1. The standard InChI is InChI=1S/C16H25ClN2O/c1-12(2)19(8-9-20-3)16-10-14(17)5-4-13(16)11-18-15-6-7-15/h4-5,10,12,15,18H,6-9,11H2,1-3H3. The van der Waals surface area contributed by atoms with E-state index in [1.165, 1.54) is 24.1 Å². The van der Waals surface area contributed by atoms with E-state index in [1.807, 2.05) is 6.07 Å². The predicted octanol–water partition coefficient (Wildman–Crippen LogP) is 3.45. The van der Waals surface area contributed by atoms with Crippen molar-refractivity contribution in [1.82, 2.24) is 5.32 Å². The second-order valence-electron chi connectivity index (χ2n) is 5.71. The third-order valence-corrected chi connectivity index (χ3v) is 3.91. The van der Waals surface area contributed by atoms with Gasteiger partial charge < -0.3 is 15.0 Å². The van der Waals surface area contributed by atoms with E-state index in [1.54, 1.807) is 7.11 Å². The van der Waals surface area contributed by atoms with E-state index in [9.17, 15) is 0 Å². The molecule has 1 aromatic rings. The topological polar surface area (TPSA) is 24.5 Å². The van der Waals surface area contributed by atoms with Crippen LogP contribution in [0, 0.1) is 0 Å². The summed E-state index contributed by atoms with van der Waals surface area (Å²) in [4.78, 5) is 2.36. The Morgan fingerprint density at radius 1 is 1.40 bits per heavy atom. The van der Waals surface area contributed by atoms with Gasteiger partial charge in [-0.3, -0.25) is 0 Å². The Balaban J connectivity index is 2.17. The number of hydrogen-bond donors (Lipinski definition) is 1. The van der Waals surface area contributed by atoms with Gasteiger partial charge in [0.25, 0.3) is 0 Å². The number of ether oxygens (including phenoxy) is 1. The van der Waals surface area contributed by atoms with E-state index >= 15 is 0 Å². The van der Waals surface area contributed by atoms with E-state index in [0.29, 0.717) is 12.1 Å². The molecule has 1 fully saturated rings. The summed E-state index contributed by atoms with van der Waals surface area (Å²) in [6.45, 7) is 6.92. The molecule has 3 nitrogen and oxygen atoms in total. The predicted molar refractivity (Wildman–Crippen MR) is 85.7 cm³/mol. The first-order valence-corrected chi connectivity index (χ1v) is 7.77. The van der Waals surface area contributed by atoms with Crippen molar-refractivity contribution < 1.29 is 4.74 Å². The monoisotopic (exact) mass is 296 g/mol. The van der Waals surface area contributed by atoms with Crippen molar-refractivity contribution in [3.05, 3.63) is 28.8 Å². The molecule has 0 amide bonds. The highest BCUT2D eigenvalue weighted by molar-refractivity contribution is 6.30. The Hall–Kier alpha value is -0.770. The van der Waals surface area contributed by atoms with Gasteiger partial charge in [0, 0.05) is 43.0 Å². The maximum Gasteiger partial charge on any atom is 0.0637 e. The van der Waals surface area contributed by atoms with Crippen LogP contribution in [0.3, 0.4) is 0 Å². The first kappa shape index (κ1) is 15.6. The first-order chi connectivity index (χ1) is 9.61. The average Bonchev–Trinajstić information content (AvgIpc) is 3.22. The normalized spacial score (nSPS) is 14.8. The van der Waals surface area contributed by atoms with Crippen LogP contribution in [0.2, 0.25) is 5.02 Å². The molecule has 0 aliphatic heterocycles. The fraction of sp³-hybridized carbons (Fsp3) is 0.625. The Morgan fingerprint density at radius 3 is 2.75 bits per heavy atom. The maximum atomic E-state index is 6.20. The first-order valence-electron chi connectivity index (χ1n) is 7.39. The third-order valence-electron chi connectivity index (χ3n) is 3.67. The quantitative estimate of drug-likeness (QED) is 0.795. The van der Waals surface area contributed by atoms with Crippen LogP contribution in [-0.4, -0.2) is 32.3 Å². The van der Waals surface area contributed by atoms with Gasteiger partial charge in [0.15, 0.2) is 0 Å². The van der Waals surface area contributed by atoms with Gasteiger partial charge in [0.2, 0.25) is 0 Å². The molecule has 0 aromatic heterocycles. The molecule has 0 saturated heterocycles. The number of rotatable bonds is 8. The molecule has 0 unspecified atom stereocenters. The Kier molecular flexibility index (Phi) is 5.70. The molecule has 2 rings (SSSR count). The van der Waals surface area contributed by atoms with Crippen molar-refractivity contribution in [2.75, 3.05) is 25.2 Å². The summed E-state index contributed by atoms with van der Waals surface area (Å²) >= 11 is 6.20. The van der Waals surface area contributed by atoms with Gasteiger partial charge in [0.1, 0.15) is 0 Å². The minimum Gasteiger partial charge on any atom is -0.383 e. The third kappa shape index (κ3) is 4.37.